The summed E-state index contributed by atoms with van der Waals surface area (Å²) in [5.41, 5.74) is 5.59. The fourth-order valence-electron chi connectivity index (χ4n) is 1.61. The number of anilines is 2. The van der Waals surface area contributed by atoms with Crippen LogP contribution in [0.15, 0.2) is 12.3 Å². The lowest BCUT2D eigenvalue weighted by Gasteiger charge is -2.26. The van der Waals surface area contributed by atoms with E-state index in [1.165, 1.54) is 19.3 Å². The van der Waals surface area contributed by atoms with Gasteiger partial charge in [0.2, 0.25) is 5.95 Å². The number of hydrogen-bond acceptors (Lipinski definition) is 4. The third-order valence-electron chi connectivity index (χ3n) is 2.30. The second-order valence-electron chi connectivity index (χ2n) is 3.33. The van der Waals surface area contributed by atoms with E-state index in [-0.39, 0.29) is 0 Å². The molecule has 0 radical (unpaired) electrons. The molecule has 1 aliphatic rings. The first-order chi connectivity index (χ1) is 6.36. The van der Waals surface area contributed by atoms with Gasteiger partial charge in [-0.15, -0.1) is 0 Å². The molecule has 0 aliphatic carbocycles. The van der Waals surface area contributed by atoms with Crippen LogP contribution in [0, 0.1) is 0 Å². The maximum Gasteiger partial charge on any atom is 0.227 e. The first-order valence-corrected chi connectivity index (χ1v) is 4.70. The summed E-state index contributed by atoms with van der Waals surface area (Å²) in [6, 6.07) is 1.72. The zero-order valence-electron chi connectivity index (χ0n) is 7.61. The van der Waals surface area contributed by atoms with Crippen molar-refractivity contribution in [2.75, 3.05) is 23.7 Å². The average Bonchev–Trinajstić information content (AvgIpc) is 2.19. The zero-order valence-corrected chi connectivity index (χ0v) is 7.61. The van der Waals surface area contributed by atoms with Gasteiger partial charge in [-0.25, -0.2) is 4.98 Å². The van der Waals surface area contributed by atoms with E-state index in [1.54, 1.807) is 12.3 Å². The minimum Gasteiger partial charge on any atom is -0.384 e. The van der Waals surface area contributed by atoms with E-state index in [2.05, 4.69) is 14.9 Å². The molecule has 0 bridgehead atoms. The molecule has 13 heavy (non-hydrogen) atoms. The molecule has 70 valence electrons. The highest BCUT2D eigenvalue weighted by Gasteiger charge is 2.12. The van der Waals surface area contributed by atoms with Crippen LogP contribution in [0.5, 0.6) is 0 Å². The molecular weight excluding hydrogens is 164 g/mol. The second kappa shape index (κ2) is 3.60. The number of nitrogens with zero attached hydrogens (tertiary/aromatic N) is 3. The van der Waals surface area contributed by atoms with Crippen LogP contribution in [0.3, 0.4) is 0 Å². The van der Waals surface area contributed by atoms with Crippen LogP contribution in [-0.2, 0) is 0 Å². The molecule has 1 aromatic heterocycles. The summed E-state index contributed by atoms with van der Waals surface area (Å²) in [5.74, 6) is 1.33. The molecule has 0 atom stereocenters. The van der Waals surface area contributed by atoms with Gasteiger partial charge in [0.05, 0.1) is 0 Å². The highest BCUT2D eigenvalue weighted by atomic mass is 15.3. The fourth-order valence-corrected chi connectivity index (χ4v) is 1.61. The van der Waals surface area contributed by atoms with Crippen molar-refractivity contribution < 1.29 is 0 Å². The van der Waals surface area contributed by atoms with Gasteiger partial charge < -0.3 is 10.6 Å². The van der Waals surface area contributed by atoms with Crippen LogP contribution in [-0.4, -0.2) is 23.1 Å². The highest BCUT2D eigenvalue weighted by Crippen LogP contribution is 2.15. The standard InChI is InChI=1S/C9H14N4/c10-8-4-5-11-9(12-8)13-6-2-1-3-7-13/h4-5H,1-3,6-7H2,(H2,10,11,12). The molecule has 0 aromatic carbocycles. The van der Waals surface area contributed by atoms with Crippen LogP contribution in [0.2, 0.25) is 0 Å². The SMILES string of the molecule is Nc1ccnc(N2CCCCC2)n1. The van der Waals surface area contributed by atoms with Gasteiger partial charge >= 0.3 is 0 Å². The van der Waals surface area contributed by atoms with E-state index in [0.717, 1.165) is 19.0 Å². The van der Waals surface area contributed by atoms with Crippen LogP contribution in [0.4, 0.5) is 11.8 Å². The molecule has 1 aliphatic heterocycles. The van der Waals surface area contributed by atoms with Gasteiger partial charge in [-0.2, -0.15) is 4.98 Å². The van der Waals surface area contributed by atoms with Crippen LogP contribution >= 0.6 is 0 Å². The summed E-state index contributed by atoms with van der Waals surface area (Å²) >= 11 is 0. The summed E-state index contributed by atoms with van der Waals surface area (Å²) in [4.78, 5) is 10.6. The molecule has 1 aromatic rings. The van der Waals surface area contributed by atoms with Crippen molar-refractivity contribution in [2.45, 2.75) is 19.3 Å². The third-order valence-corrected chi connectivity index (χ3v) is 2.30. The van der Waals surface area contributed by atoms with Gasteiger partial charge in [0.25, 0.3) is 0 Å². The van der Waals surface area contributed by atoms with Crippen molar-refractivity contribution >= 4 is 11.8 Å². The lowest BCUT2D eigenvalue weighted by atomic mass is 10.1. The van der Waals surface area contributed by atoms with E-state index in [1.807, 2.05) is 0 Å². The Morgan fingerprint density at radius 1 is 1.23 bits per heavy atom. The largest absolute Gasteiger partial charge is 0.384 e. The van der Waals surface area contributed by atoms with E-state index in [9.17, 15) is 0 Å². The van der Waals surface area contributed by atoms with Gasteiger partial charge in [-0.3, -0.25) is 0 Å². The summed E-state index contributed by atoms with van der Waals surface area (Å²) in [5, 5.41) is 0. The first kappa shape index (κ1) is 8.29. The minimum absolute atomic E-state index is 0.551. The van der Waals surface area contributed by atoms with E-state index in [0.29, 0.717) is 5.82 Å². The van der Waals surface area contributed by atoms with Gasteiger partial charge in [0, 0.05) is 19.3 Å². The smallest absolute Gasteiger partial charge is 0.227 e. The Balaban J connectivity index is 2.14. The van der Waals surface area contributed by atoms with Crippen molar-refractivity contribution in [2.24, 2.45) is 0 Å². The lowest BCUT2D eigenvalue weighted by Crippen LogP contribution is -2.31. The first-order valence-electron chi connectivity index (χ1n) is 4.70. The van der Waals surface area contributed by atoms with Crippen molar-refractivity contribution in [1.82, 2.24) is 9.97 Å². The van der Waals surface area contributed by atoms with Crippen LogP contribution < -0.4 is 10.6 Å². The Kier molecular flexibility index (Phi) is 2.29. The van der Waals surface area contributed by atoms with Crippen LogP contribution in [0.25, 0.3) is 0 Å². The summed E-state index contributed by atoms with van der Waals surface area (Å²) in [6.45, 7) is 2.12. The number of hydrogen-bond donors (Lipinski definition) is 1. The monoisotopic (exact) mass is 178 g/mol. The number of nitrogens with two attached hydrogens (primary N) is 1. The molecule has 2 N–H and O–H groups in total. The van der Waals surface area contributed by atoms with Gasteiger partial charge in [0.15, 0.2) is 0 Å². The van der Waals surface area contributed by atoms with Crippen molar-refractivity contribution in [3.63, 3.8) is 0 Å². The minimum atomic E-state index is 0.551. The maximum atomic E-state index is 5.59. The van der Waals surface area contributed by atoms with E-state index < -0.39 is 0 Å². The predicted octanol–water partition coefficient (Wildman–Crippen LogP) is 1.05. The van der Waals surface area contributed by atoms with Crippen LogP contribution in [0.1, 0.15) is 19.3 Å². The number of rotatable bonds is 1. The molecule has 0 amide bonds. The Morgan fingerprint density at radius 3 is 2.69 bits per heavy atom. The Hall–Kier alpha value is -1.32. The molecular formula is C9H14N4. The Morgan fingerprint density at radius 2 is 2.00 bits per heavy atom. The van der Waals surface area contributed by atoms with Gasteiger partial charge in [-0.05, 0) is 25.3 Å². The van der Waals surface area contributed by atoms with E-state index >= 15 is 0 Å². The van der Waals surface area contributed by atoms with Gasteiger partial charge in [0.1, 0.15) is 5.82 Å². The lowest BCUT2D eigenvalue weighted by molar-refractivity contribution is 0.568. The molecule has 4 nitrogen and oxygen atoms in total. The normalized spacial score (nSPS) is 17.4. The number of piperidine rings is 1. The number of aromatic nitrogens is 2. The van der Waals surface area contributed by atoms with Crippen molar-refractivity contribution in [3.05, 3.63) is 12.3 Å². The summed E-state index contributed by atoms with van der Waals surface area (Å²) in [7, 11) is 0. The summed E-state index contributed by atoms with van der Waals surface area (Å²) in [6.07, 6.45) is 5.50. The zero-order chi connectivity index (χ0) is 9.10. The molecule has 0 unspecified atom stereocenters. The topological polar surface area (TPSA) is 55.0 Å². The molecule has 4 heteroatoms. The van der Waals surface area contributed by atoms with E-state index in [4.69, 9.17) is 5.73 Å². The highest BCUT2D eigenvalue weighted by molar-refractivity contribution is 5.37. The molecule has 1 saturated heterocycles. The summed E-state index contributed by atoms with van der Waals surface area (Å²) < 4.78 is 0. The fraction of sp³-hybridized carbons (Fsp3) is 0.556. The third kappa shape index (κ3) is 1.88. The molecule has 0 spiro atoms. The second-order valence-corrected chi connectivity index (χ2v) is 3.33. The molecule has 0 saturated carbocycles. The Bertz CT molecular complexity index is 281. The number of nitrogen functional groups attached to an aromatic ring is 1. The van der Waals surface area contributed by atoms with Gasteiger partial charge in [-0.1, -0.05) is 0 Å². The Labute approximate surface area is 77.8 Å². The van der Waals surface area contributed by atoms with Crippen molar-refractivity contribution in [3.8, 4) is 0 Å². The molecule has 2 heterocycles. The van der Waals surface area contributed by atoms with Crippen molar-refractivity contribution in [1.29, 1.82) is 0 Å². The predicted molar refractivity (Wildman–Crippen MR) is 52.5 cm³/mol. The molecule has 2 rings (SSSR count). The maximum absolute atomic E-state index is 5.59. The quantitative estimate of drug-likeness (QED) is 0.698. The average molecular weight is 178 g/mol. The molecule has 1 fully saturated rings.